The summed E-state index contributed by atoms with van der Waals surface area (Å²) in [7, 11) is 3.36. The molecule has 0 radical (unpaired) electrons. The van der Waals surface area contributed by atoms with Crippen molar-refractivity contribution in [2.45, 2.75) is 58.7 Å². The van der Waals surface area contributed by atoms with Crippen LogP contribution in [-0.2, 0) is 22.6 Å². The van der Waals surface area contributed by atoms with Gasteiger partial charge in [-0.05, 0) is 31.4 Å². The Bertz CT molecular complexity index is 1270. The summed E-state index contributed by atoms with van der Waals surface area (Å²) in [6.45, 7) is 6.71. The van der Waals surface area contributed by atoms with Crippen LogP contribution in [0.25, 0.3) is 11.3 Å². The minimum absolute atomic E-state index is 0.0379. The number of benzene rings is 1. The van der Waals surface area contributed by atoms with Crippen LogP contribution in [0.5, 0.6) is 0 Å². The molecule has 9 nitrogen and oxygen atoms in total. The molecule has 1 fully saturated rings. The number of likely N-dealkylation sites (N-methyl/N-ethyl adjacent to an activating group) is 2. The molecule has 0 bridgehead atoms. The van der Waals surface area contributed by atoms with E-state index in [4.69, 9.17) is 0 Å². The number of hydrogen-bond donors (Lipinski definition) is 2. The van der Waals surface area contributed by atoms with Crippen LogP contribution in [0.1, 0.15) is 44.9 Å². The van der Waals surface area contributed by atoms with Gasteiger partial charge in [-0.2, -0.15) is 9.78 Å². The van der Waals surface area contributed by atoms with Gasteiger partial charge < -0.3 is 20.4 Å². The fourth-order valence-electron chi connectivity index (χ4n) is 5.11. The Balaban J connectivity index is 1.71. The number of halogens is 3. The van der Waals surface area contributed by atoms with Crippen LogP contribution in [-0.4, -0.2) is 76.7 Å². The maximum atomic E-state index is 14.7. The second kappa shape index (κ2) is 10.4. The SMILES string of the molecule is CNC(=O)[C@@H]1CCCN1C(=O)[C@@H](NC(=O)n1nc(-c2cc(F)c(F)cc2F)c2c1CCN(C)C2)C(C)(C)C. The first-order valence-corrected chi connectivity index (χ1v) is 12.6. The van der Waals surface area contributed by atoms with Gasteiger partial charge in [0, 0.05) is 50.3 Å². The van der Waals surface area contributed by atoms with E-state index < -0.39 is 41.0 Å². The Morgan fingerprint density at radius 2 is 1.76 bits per heavy atom. The van der Waals surface area contributed by atoms with Crippen LogP contribution >= 0.6 is 0 Å². The van der Waals surface area contributed by atoms with Gasteiger partial charge in [0.1, 0.15) is 23.6 Å². The predicted molar refractivity (Wildman–Crippen MR) is 134 cm³/mol. The molecule has 4 rings (SSSR count). The lowest BCUT2D eigenvalue weighted by Gasteiger charge is -2.35. The van der Waals surface area contributed by atoms with Gasteiger partial charge in [0.2, 0.25) is 11.8 Å². The first-order chi connectivity index (χ1) is 17.8. The summed E-state index contributed by atoms with van der Waals surface area (Å²) >= 11 is 0. The summed E-state index contributed by atoms with van der Waals surface area (Å²) in [6, 6.07) is -1.13. The Kier molecular flexibility index (Phi) is 7.55. The monoisotopic (exact) mass is 534 g/mol. The topological polar surface area (TPSA) is 99.6 Å². The summed E-state index contributed by atoms with van der Waals surface area (Å²) in [5.74, 6) is -4.20. The van der Waals surface area contributed by atoms with Crippen LogP contribution in [0.4, 0.5) is 18.0 Å². The third-order valence-corrected chi connectivity index (χ3v) is 7.17. The number of amides is 3. The van der Waals surface area contributed by atoms with Crippen LogP contribution in [0, 0.1) is 22.9 Å². The molecule has 12 heteroatoms. The Morgan fingerprint density at radius 1 is 1.08 bits per heavy atom. The third kappa shape index (κ3) is 5.13. The molecule has 38 heavy (non-hydrogen) atoms. The number of fused-ring (bicyclic) bond motifs is 1. The summed E-state index contributed by atoms with van der Waals surface area (Å²) in [4.78, 5) is 43.0. The molecular formula is C26H33F3N6O3. The van der Waals surface area contributed by atoms with E-state index in [1.165, 1.54) is 11.9 Å². The van der Waals surface area contributed by atoms with E-state index in [9.17, 15) is 27.6 Å². The summed E-state index contributed by atoms with van der Waals surface area (Å²) in [5.41, 5.74) is 0.0956. The van der Waals surface area contributed by atoms with Crippen LogP contribution in [0.15, 0.2) is 12.1 Å². The van der Waals surface area contributed by atoms with E-state index in [1.807, 2.05) is 11.9 Å². The molecular weight excluding hydrogens is 501 g/mol. The van der Waals surface area contributed by atoms with Crippen molar-refractivity contribution in [2.24, 2.45) is 5.41 Å². The smallest absolute Gasteiger partial charge is 0.343 e. The van der Waals surface area contributed by atoms with E-state index in [0.29, 0.717) is 56.2 Å². The molecule has 1 saturated heterocycles. The lowest BCUT2D eigenvalue weighted by atomic mass is 9.85. The Morgan fingerprint density at radius 3 is 2.42 bits per heavy atom. The molecule has 0 unspecified atom stereocenters. The second-order valence-corrected chi connectivity index (χ2v) is 11.0. The highest BCUT2D eigenvalue weighted by Gasteiger charge is 2.42. The van der Waals surface area contributed by atoms with Crippen molar-refractivity contribution in [1.82, 2.24) is 30.2 Å². The molecule has 1 aromatic carbocycles. The van der Waals surface area contributed by atoms with Gasteiger partial charge in [0.25, 0.3) is 0 Å². The van der Waals surface area contributed by atoms with Crippen molar-refractivity contribution in [3.05, 3.63) is 40.8 Å². The lowest BCUT2D eigenvalue weighted by molar-refractivity contribution is -0.141. The van der Waals surface area contributed by atoms with Gasteiger partial charge in [0.15, 0.2) is 11.6 Å². The largest absolute Gasteiger partial charge is 0.357 e. The maximum Gasteiger partial charge on any atom is 0.343 e. The first kappa shape index (κ1) is 27.6. The fraction of sp³-hybridized carbons (Fsp3) is 0.538. The van der Waals surface area contributed by atoms with Crippen molar-refractivity contribution in [3.8, 4) is 11.3 Å². The highest BCUT2D eigenvalue weighted by molar-refractivity contribution is 5.93. The zero-order chi connectivity index (χ0) is 27.9. The van der Waals surface area contributed by atoms with Crippen molar-refractivity contribution in [3.63, 3.8) is 0 Å². The zero-order valence-electron chi connectivity index (χ0n) is 22.2. The molecule has 0 saturated carbocycles. The van der Waals surface area contributed by atoms with E-state index in [1.54, 1.807) is 20.8 Å². The summed E-state index contributed by atoms with van der Waals surface area (Å²) in [5, 5.41) is 9.71. The van der Waals surface area contributed by atoms with Gasteiger partial charge in [0.05, 0.1) is 5.69 Å². The summed E-state index contributed by atoms with van der Waals surface area (Å²) < 4.78 is 43.4. The summed E-state index contributed by atoms with van der Waals surface area (Å²) in [6.07, 6.45) is 1.59. The van der Waals surface area contributed by atoms with Gasteiger partial charge >= 0.3 is 6.03 Å². The number of nitrogens with one attached hydrogen (secondary N) is 2. The Labute approximate surface area is 219 Å². The minimum atomic E-state index is -1.32. The average molecular weight is 535 g/mol. The molecule has 2 aliphatic heterocycles. The number of aromatic nitrogens is 2. The molecule has 0 aliphatic carbocycles. The lowest BCUT2D eigenvalue weighted by Crippen LogP contribution is -2.58. The molecule has 2 aromatic rings. The van der Waals surface area contributed by atoms with Gasteiger partial charge in [-0.3, -0.25) is 9.59 Å². The number of carbonyl (C=O) groups excluding carboxylic acids is 3. The highest BCUT2D eigenvalue weighted by atomic mass is 19.2. The standard InChI is InChI=1S/C26H33F3N6O3/c1-26(2,3)22(24(37)34-9-6-7-20(34)23(36)30-4)31-25(38)35-19-8-10-33(5)13-15(19)21(32-35)14-11-17(28)18(29)12-16(14)27/h11-12,20,22H,6-10,13H2,1-5H3,(H,30,36)(H,31,38)/t20-,22+/m0/s1. The average Bonchev–Trinajstić information content (AvgIpc) is 3.48. The fourth-order valence-corrected chi connectivity index (χ4v) is 5.11. The zero-order valence-corrected chi connectivity index (χ0v) is 22.2. The second-order valence-electron chi connectivity index (χ2n) is 11.0. The minimum Gasteiger partial charge on any atom is -0.357 e. The van der Waals surface area contributed by atoms with Crippen LogP contribution in [0.2, 0.25) is 0 Å². The van der Waals surface area contributed by atoms with Crippen molar-refractivity contribution in [2.75, 3.05) is 27.2 Å². The van der Waals surface area contributed by atoms with Gasteiger partial charge in [-0.25, -0.2) is 18.0 Å². The van der Waals surface area contributed by atoms with Crippen molar-refractivity contribution >= 4 is 17.8 Å². The molecule has 2 aliphatic rings. The van der Waals surface area contributed by atoms with E-state index in [2.05, 4.69) is 15.7 Å². The van der Waals surface area contributed by atoms with E-state index in [0.717, 1.165) is 10.7 Å². The van der Waals surface area contributed by atoms with Crippen LogP contribution in [0.3, 0.4) is 0 Å². The molecule has 2 atom stereocenters. The Hall–Kier alpha value is -3.41. The van der Waals surface area contributed by atoms with Gasteiger partial charge in [-0.1, -0.05) is 20.8 Å². The third-order valence-electron chi connectivity index (χ3n) is 7.17. The number of rotatable bonds is 4. The molecule has 2 N–H and O–H groups in total. The molecule has 3 heterocycles. The first-order valence-electron chi connectivity index (χ1n) is 12.6. The molecule has 206 valence electrons. The molecule has 3 amide bonds. The van der Waals surface area contributed by atoms with E-state index >= 15 is 0 Å². The highest BCUT2D eigenvalue weighted by Crippen LogP contribution is 2.33. The van der Waals surface area contributed by atoms with Crippen molar-refractivity contribution in [1.29, 1.82) is 0 Å². The van der Waals surface area contributed by atoms with E-state index in [-0.39, 0.29) is 23.1 Å². The van der Waals surface area contributed by atoms with Crippen LogP contribution < -0.4 is 10.6 Å². The number of likely N-dealkylation sites (tertiary alicyclic amines) is 1. The maximum absolute atomic E-state index is 14.7. The molecule has 1 aromatic heterocycles. The normalized spacial score (nSPS) is 18.7. The predicted octanol–water partition coefficient (Wildman–Crippen LogP) is 2.66. The number of carbonyl (C=O) groups is 3. The quantitative estimate of drug-likeness (QED) is 0.588. The van der Waals surface area contributed by atoms with Crippen molar-refractivity contribution < 1.29 is 27.6 Å². The number of nitrogens with zero attached hydrogens (tertiary/aromatic N) is 4. The molecule has 0 spiro atoms. The van der Waals surface area contributed by atoms with Gasteiger partial charge in [-0.15, -0.1) is 0 Å². The number of hydrogen-bond acceptors (Lipinski definition) is 5.